The molecule has 3 N–H and O–H groups in total. The highest BCUT2D eigenvalue weighted by Gasteiger charge is 2.02. The number of nitrogens with two attached hydrogens (primary N) is 1. The molecule has 1 rings (SSSR count). The van der Waals surface area contributed by atoms with E-state index in [4.69, 9.17) is 15.9 Å². The van der Waals surface area contributed by atoms with Gasteiger partial charge in [-0.3, -0.25) is 5.41 Å². The average Bonchev–Trinajstić information content (AvgIpc) is 2.14. The second-order valence-electron chi connectivity index (χ2n) is 3.75. The molecule has 1 aromatic heterocycles. The van der Waals surface area contributed by atoms with Crippen molar-refractivity contribution in [3.63, 3.8) is 0 Å². The number of hydrogen-bond acceptors (Lipinski definition) is 4. The molecule has 1 heterocycles. The third-order valence-electron chi connectivity index (χ3n) is 1.63. The van der Waals surface area contributed by atoms with E-state index in [-0.39, 0.29) is 5.84 Å². The first-order valence-corrected chi connectivity index (χ1v) is 4.84. The largest absolute Gasteiger partial charge is 0.477 e. The van der Waals surface area contributed by atoms with Crippen molar-refractivity contribution >= 4 is 5.84 Å². The van der Waals surface area contributed by atoms with Crippen LogP contribution in [0.15, 0.2) is 12.4 Å². The Hall–Kier alpha value is -1.65. The molecule has 0 aliphatic heterocycles. The third kappa shape index (κ3) is 4.39. The maximum absolute atomic E-state index is 7.15. The van der Waals surface area contributed by atoms with Gasteiger partial charge in [0, 0.05) is 12.5 Å². The lowest BCUT2D eigenvalue weighted by atomic mass is 10.2. The lowest BCUT2D eigenvalue weighted by molar-refractivity contribution is 0.260. The van der Waals surface area contributed by atoms with Gasteiger partial charge in [0.05, 0.1) is 18.1 Å². The van der Waals surface area contributed by atoms with Crippen LogP contribution < -0.4 is 10.5 Å². The van der Waals surface area contributed by atoms with E-state index in [0.29, 0.717) is 30.5 Å². The molecule has 0 amide bonds. The molecule has 0 atom stereocenters. The molecule has 0 fully saturated rings. The number of nitrogens with zero attached hydrogens (tertiary/aromatic N) is 2. The normalized spacial score (nSPS) is 10.3. The van der Waals surface area contributed by atoms with Crippen LogP contribution >= 0.6 is 0 Å². The summed E-state index contributed by atoms with van der Waals surface area (Å²) in [4.78, 5) is 7.97. The number of nitrogens with one attached hydrogen (secondary N) is 1. The monoisotopic (exact) mass is 208 g/mol. The Kier molecular flexibility index (Phi) is 4.03. The smallest absolute Gasteiger partial charge is 0.216 e. The molecule has 1 aromatic rings. The minimum Gasteiger partial charge on any atom is -0.477 e. The molecule has 15 heavy (non-hydrogen) atoms. The summed E-state index contributed by atoms with van der Waals surface area (Å²) >= 11 is 0. The molecule has 0 aliphatic carbocycles. The van der Waals surface area contributed by atoms with E-state index in [1.807, 2.05) is 0 Å². The van der Waals surface area contributed by atoms with E-state index in [2.05, 4.69) is 23.8 Å². The zero-order valence-corrected chi connectivity index (χ0v) is 9.03. The van der Waals surface area contributed by atoms with Gasteiger partial charge >= 0.3 is 0 Å². The van der Waals surface area contributed by atoms with Crippen molar-refractivity contribution in [1.82, 2.24) is 9.97 Å². The van der Waals surface area contributed by atoms with Gasteiger partial charge in [0.25, 0.3) is 0 Å². The van der Waals surface area contributed by atoms with E-state index in [0.717, 1.165) is 0 Å². The molecule has 0 spiro atoms. The highest BCUT2D eigenvalue weighted by Crippen LogP contribution is 2.08. The maximum Gasteiger partial charge on any atom is 0.216 e. The van der Waals surface area contributed by atoms with Crippen molar-refractivity contribution in [3.8, 4) is 5.88 Å². The highest BCUT2D eigenvalue weighted by molar-refractivity contribution is 5.78. The number of ether oxygens (including phenoxy) is 1. The fraction of sp³-hybridized carbons (Fsp3) is 0.500. The van der Waals surface area contributed by atoms with Crippen LogP contribution in [0.3, 0.4) is 0 Å². The fourth-order valence-electron chi connectivity index (χ4n) is 1.000. The van der Waals surface area contributed by atoms with E-state index in [9.17, 15) is 0 Å². The molecule has 0 bridgehead atoms. The first kappa shape index (κ1) is 11.4. The first-order valence-electron chi connectivity index (χ1n) is 4.84. The van der Waals surface area contributed by atoms with Gasteiger partial charge in [-0.25, -0.2) is 9.97 Å². The van der Waals surface area contributed by atoms with Gasteiger partial charge in [-0.05, 0) is 5.92 Å². The second kappa shape index (κ2) is 5.29. The van der Waals surface area contributed by atoms with Gasteiger partial charge in [0.2, 0.25) is 5.88 Å². The minimum absolute atomic E-state index is 0.0866. The summed E-state index contributed by atoms with van der Waals surface area (Å²) in [5.41, 5.74) is 5.98. The molecule has 5 nitrogen and oxygen atoms in total. The zero-order valence-electron chi connectivity index (χ0n) is 9.03. The van der Waals surface area contributed by atoms with Crippen LogP contribution in [0.2, 0.25) is 0 Å². The lowest BCUT2D eigenvalue weighted by Crippen LogP contribution is -2.14. The van der Waals surface area contributed by atoms with E-state index in [1.165, 1.54) is 6.33 Å². The fourth-order valence-corrected chi connectivity index (χ4v) is 1.000. The highest BCUT2D eigenvalue weighted by atomic mass is 16.5. The van der Waals surface area contributed by atoms with Crippen molar-refractivity contribution in [3.05, 3.63) is 18.1 Å². The summed E-state index contributed by atoms with van der Waals surface area (Å²) in [6, 6.07) is 1.71. The minimum atomic E-state index is 0.0866. The summed E-state index contributed by atoms with van der Waals surface area (Å²) in [7, 11) is 0. The summed E-state index contributed by atoms with van der Waals surface area (Å²) < 4.78 is 5.43. The summed E-state index contributed by atoms with van der Waals surface area (Å²) in [6.07, 6.45) is 1.76. The summed E-state index contributed by atoms with van der Waals surface area (Å²) in [5.74, 6) is 1.08. The molecule has 0 aromatic carbocycles. The Labute approximate surface area is 89.2 Å². The van der Waals surface area contributed by atoms with E-state index >= 15 is 0 Å². The Morgan fingerprint density at radius 3 is 2.87 bits per heavy atom. The van der Waals surface area contributed by atoms with Gasteiger partial charge in [0.15, 0.2) is 0 Å². The maximum atomic E-state index is 7.15. The third-order valence-corrected chi connectivity index (χ3v) is 1.63. The molecule has 5 heteroatoms. The molecule has 0 radical (unpaired) electrons. The van der Waals surface area contributed by atoms with Crippen LogP contribution in [-0.2, 0) is 6.42 Å². The van der Waals surface area contributed by atoms with Gasteiger partial charge in [-0.15, -0.1) is 0 Å². The van der Waals surface area contributed by atoms with Crippen LogP contribution in [0.25, 0.3) is 0 Å². The van der Waals surface area contributed by atoms with E-state index < -0.39 is 0 Å². The number of amidine groups is 1. The van der Waals surface area contributed by atoms with Crippen LogP contribution in [0, 0.1) is 11.3 Å². The van der Waals surface area contributed by atoms with Crippen LogP contribution in [0.5, 0.6) is 5.88 Å². The average molecular weight is 208 g/mol. The molecule has 0 saturated carbocycles. The van der Waals surface area contributed by atoms with Crippen molar-refractivity contribution < 1.29 is 4.74 Å². The zero-order chi connectivity index (χ0) is 11.3. The van der Waals surface area contributed by atoms with Crippen molar-refractivity contribution in [2.45, 2.75) is 20.3 Å². The Morgan fingerprint density at radius 1 is 1.53 bits per heavy atom. The summed E-state index contributed by atoms with van der Waals surface area (Å²) in [5, 5.41) is 7.15. The molecule has 0 saturated heterocycles. The Balaban J connectivity index is 2.61. The standard InChI is InChI=1S/C10H16N4O/c1-7(2)5-15-10-4-8(3-9(11)12)13-6-14-10/h4,6-7H,3,5H2,1-2H3,(H3,11,12). The van der Waals surface area contributed by atoms with Gasteiger partial charge < -0.3 is 10.5 Å². The predicted molar refractivity (Wildman–Crippen MR) is 58.0 cm³/mol. The lowest BCUT2D eigenvalue weighted by Gasteiger charge is -2.07. The van der Waals surface area contributed by atoms with Crippen LogP contribution in [0.4, 0.5) is 0 Å². The van der Waals surface area contributed by atoms with Crippen molar-refractivity contribution in [2.75, 3.05) is 6.61 Å². The molecular formula is C10H16N4O. The SMILES string of the molecule is CC(C)COc1cc(CC(=N)N)ncn1. The Bertz CT molecular complexity index is 338. The topological polar surface area (TPSA) is 84.9 Å². The van der Waals surface area contributed by atoms with Crippen molar-refractivity contribution in [2.24, 2.45) is 11.7 Å². The molecule has 0 aliphatic rings. The number of aromatic nitrogens is 2. The molecule has 0 unspecified atom stereocenters. The summed E-state index contributed by atoms with van der Waals surface area (Å²) in [6.45, 7) is 4.76. The quantitative estimate of drug-likeness (QED) is 0.558. The van der Waals surface area contributed by atoms with Crippen molar-refractivity contribution in [1.29, 1.82) is 5.41 Å². The van der Waals surface area contributed by atoms with Crippen LogP contribution in [-0.4, -0.2) is 22.4 Å². The van der Waals surface area contributed by atoms with Gasteiger partial charge in [-0.2, -0.15) is 0 Å². The first-order chi connectivity index (χ1) is 7.08. The number of hydrogen-bond donors (Lipinski definition) is 2. The van der Waals surface area contributed by atoms with Crippen LogP contribution in [0.1, 0.15) is 19.5 Å². The van der Waals surface area contributed by atoms with Gasteiger partial charge in [-0.1, -0.05) is 13.8 Å². The molecular weight excluding hydrogens is 192 g/mol. The molecule has 82 valence electrons. The number of rotatable bonds is 5. The van der Waals surface area contributed by atoms with Gasteiger partial charge in [0.1, 0.15) is 6.33 Å². The van der Waals surface area contributed by atoms with E-state index in [1.54, 1.807) is 6.07 Å². The Morgan fingerprint density at radius 2 is 2.27 bits per heavy atom. The predicted octanol–water partition coefficient (Wildman–Crippen LogP) is 0.990. The second-order valence-corrected chi connectivity index (χ2v) is 3.75.